The van der Waals surface area contributed by atoms with Gasteiger partial charge in [0.15, 0.2) is 28.8 Å². The SMILES string of the molecule is COc1cc(C2C3=C(Cc4cc5c(cc42)OCO5)C(=O)CC3)cc(C)c1OC. The highest BCUT2D eigenvalue weighted by atomic mass is 16.7. The molecule has 2 aromatic rings. The number of carbonyl (C=O) groups is 1. The van der Waals surface area contributed by atoms with E-state index in [9.17, 15) is 4.79 Å². The van der Waals surface area contributed by atoms with Crippen molar-refractivity contribution >= 4 is 5.78 Å². The number of fused-ring (bicyclic) bond motifs is 2. The number of aryl methyl sites for hydroxylation is 1. The summed E-state index contributed by atoms with van der Waals surface area (Å²) in [6, 6.07) is 8.29. The summed E-state index contributed by atoms with van der Waals surface area (Å²) < 4.78 is 22.3. The van der Waals surface area contributed by atoms with Crippen molar-refractivity contribution in [3.05, 3.63) is 57.7 Å². The molecule has 1 heterocycles. The smallest absolute Gasteiger partial charge is 0.231 e. The second-order valence-corrected chi connectivity index (χ2v) is 7.51. The van der Waals surface area contributed by atoms with E-state index in [0.717, 1.165) is 45.9 Å². The van der Waals surface area contributed by atoms with E-state index >= 15 is 0 Å². The molecule has 0 amide bonds. The molecule has 5 heteroatoms. The second kappa shape index (κ2) is 6.30. The van der Waals surface area contributed by atoms with Crippen molar-refractivity contribution in [3.8, 4) is 23.0 Å². The number of rotatable bonds is 3. The van der Waals surface area contributed by atoms with Gasteiger partial charge in [-0.15, -0.1) is 0 Å². The maximum absolute atomic E-state index is 12.6. The second-order valence-electron chi connectivity index (χ2n) is 7.51. The van der Waals surface area contributed by atoms with Gasteiger partial charge in [0, 0.05) is 18.8 Å². The zero-order valence-electron chi connectivity index (χ0n) is 16.3. The molecule has 1 aliphatic heterocycles. The molecule has 0 bridgehead atoms. The number of ether oxygens (including phenoxy) is 4. The molecule has 3 aliphatic rings. The van der Waals surface area contributed by atoms with Crippen molar-refractivity contribution < 1.29 is 23.7 Å². The molecule has 1 unspecified atom stereocenters. The van der Waals surface area contributed by atoms with E-state index in [1.165, 1.54) is 11.1 Å². The fourth-order valence-corrected chi connectivity index (χ4v) is 4.79. The summed E-state index contributed by atoms with van der Waals surface area (Å²) in [6.07, 6.45) is 2.07. The van der Waals surface area contributed by atoms with Crippen LogP contribution in [0, 0.1) is 6.92 Å². The number of carbonyl (C=O) groups excluding carboxylic acids is 1. The van der Waals surface area contributed by atoms with Gasteiger partial charge in [0.1, 0.15) is 0 Å². The van der Waals surface area contributed by atoms with Gasteiger partial charge in [0.2, 0.25) is 6.79 Å². The Morgan fingerprint density at radius 1 is 1.00 bits per heavy atom. The Kier molecular flexibility index (Phi) is 3.86. The van der Waals surface area contributed by atoms with Crippen molar-refractivity contribution in [1.82, 2.24) is 0 Å². The van der Waals surface area contributed by atoms with E-state index in [2.05, 4.69) is 12.1 Å². The number of methoxy groups -OCH3 is 2. The molecule has 0 radical (unpaired) electrons. The Hall–Kier alpha value is -2.95. The average molecular weight is 378 g/mol. The van der Waals surface area contributed by atoms with Gasteiger partial charge in [0.05, 0.1) is 14.2 Å². The minimum atomic E-state index is 0.0122. The Bertz CT molecular complexity index is 1030. The van der Waals surface area contributed by atoms with Crippen LogP contribution in [0.15, 0.2) is 35.4 Å². The number of ketones is 1. The van der Waals surface area contributed by atoms with E-state index in [4.69, 9.17) is 18.9 Å². The van der Waals surface area contributed by atoms with Crippen molar-refractivity contribution in [2.45, 2.75) is 32.1 Å². The van der Waals surface area contributed by atoms with Gasteiger partial charge in [-0.3, -0.25) is 4.79 Å². The minimum Gasteiger partial charge on any atom is -0.493 e. The zero-order chi connectivity index (χ0) is 19.4. The third-order valence-corrected chi connectivity index (χ3v) is 6.03. The molecule has 1 atom stereocenters. The molecule has 0 saturated carbocycles. The first-order chi connectivity index (χ1) is 13.6. The summed E-state index contributed by atoms with van der Waals surface area (Å²) in [7, 11) is 3.30. The largest absolute Gasteiger partial charge is 0.493 e. The first-order valence-corrected chi connectivity index (χ1v) is 9.50. The number of benzene rings is 2. The molecule has 5 rings (SSSR count). The fourth-order valence-electron chi connectivity index (χ4n) is 4.79. The summed E-state index contributed by atoms with van der Waals surface area (Å²) in [5, 5.41) is 0. The Labute approximate surface area is 163 Å². The van der Waals surface area contributed by atoms with Gasteiger partial charge in [0.25, 0.3) is 0 Å². The van der Waals surface area contributed by atoms with E-state index in [0.29, 0.717) is 18.6 Å². The van der Waals surface area contributed by atoms with Crippen molar-refractivity contribution in [3.63, 3.8) is 0 Å². The predicted molar refractivity (Wildman–Crippen MR) is 104 cm³/mol. The lowest BCUT2D eigenvalue weighted by Crippen LogP contribution is -2.16. The van der Waals surface area contributed by atoms with E-state index in [-0.39, 0.29) is 18.5 Å². The summed E-state index contributed by atoms with van der Waals surface area (Å²) in [5.41, 5.74) is 6.63. The Balaban J connectivity index is 1.73. The first kappa shape index (κ1) is 17.2. The van der Waals surface area contributed by atoms with Gasteiger partial charge in [-0.2, -0.15) is 0 Å². The minimum absolute atomic E-state index is 0.0122. The zero-order valence-corrected chi connectivity index (χ0v) is 16.3. The standard InChI is InChI=1S/C23H22O5/c1-12-6-14(9-21(25-2)23(12)26-3)22-15-4-5-18(24)17(15)7-13-8-19-20(10-16(13)22)28-11-27-19/h6,8-10,22H,4-5,7,11H2,1-3H3. The van der Waals surface area contributed by atoms with Crippen LogP contribution < -0.4 is 18.9 Å². The van der Waals surface area contributed by atoms with Crippen molar-refractivity contribution in [2.24, 2.45) is 0 Å². The molecule has 5 nitrogen and oxygen atoms in total. The highest BCUT2D eigenvalue weighted by Crippen LogP contribution is 2.50. The molecule has 2 aromatic carbocycles. The summed E-state index contributed by atoms with van der Waals surface area (Å²) in [6.45, 7) is 2.26. The molecule has 28 heavy (non-hydrogen) atoms. The molecule has 0 N–H and O–H groups in total. The molecule has 0 fully saturated rings. The number of hydrogen-bond donors (Lipinski definition) is 0. The van der Waals surface area contributed by atoms with Crippen molar-refractivity contribution in [1.29, 1.82) is 0 Å². The van der Waals surface area contributed by atoms with Gasteiger partial charge in [-0.05, 0) is 59.4 Å². The quantitative estimate of drug-likeness (QED) is 0.805. The Morgan fingerprint density at radius 2 is 1.79 bits per heavy atom. The van der Waals surface area contributed by atoms with Gasteiger partial charge in [-0.1, -0.05) is 11.6 Å². The first-order valence-electron chi connectivity index (χ1n) is 9.50. The van der Waals surface area contributed by atoms with Crippen LogP contribution in [0.2, 0.25) is 0 Å². The van der Waals surface area contributed by atoms with Crippen LogP contribution in [0.3, 0.4) is 0 Å². The lowest BCUT2D eigenvalue weighted by atomic mass is 9.75. The lowest BCUT2D eigenvalue weighted by Gasteiger charge is -2.29. The highest BCUT2D eigenvalue weighted by molar-refractivity contribution is 6.00. The topological polar surface area (TPSA) is 54.0 Å². The van der Waals surface area contributed by atoms with Crippen LogP contribution in [0.5, 0.6) is 23.0 Å². The molecule has 0 spiro atoms. The highest BCUT2D eigenvalue weighted by Gasteiger charge is 2.37. The number of hydrogen-bond acceptors (Lipinski definition) is 5. The monoisotopic (exact) mass is 378 g/mol. The van der Waals surface area contributed by atoms with Gasteiger partial charge < -0.3 is 18.9 Å². The van der Waals surface area contributed by atoms with Crippen LogP contribution in [0.25, 0.3) is 0 Å². The van der Waals surface area contributed by atoms with Gasteiger partial charge >= 0.3 is 0 Å². The number of allylic oxidation sites excluding steroid dienone is 2. The van der Waals surface area contributed by atoms with Crippen LogP contribution in [-0.4, -0.2) is 26.8 Å². The van der Waals surface area contributed by atoms with Crippen LogP contribution >= 0.6 is 0 Å². The third kappa shape index (κ3) is 2.42. The predicted octanol–water partition coefficient (Wildman–Crippen LogP) is 4.09. The molecular formula is C23H22O5. The molecule has 0 saturated heterocycles. The lowest BCUT2D eigenvalue weighted by molar-refractivity contribution is -0.115. The summed E-state index contributed by atoms with van der Waals surface area (Å²) in [4.78, 5) is 12.6. The average Bonchev–Trinajstić information content (AvgIpc) is 3.30. The van der Waals surface area contributed by atoms with Crippen LogP contribution in [0.4, 0.5) is 0 Å². The normalized spacial score (nSPS) is 19.5. The van der Waals surface area contributed by atoms with E-state index in [1.54, 1.807) is 14.2 Å². The molecule has 0 aromatic heterocycles. The number of Topliss-reactive ketones (excluding diaryl/α,β-unsaturated/α-hetero) is 1. The fraction of sp³-hybridized carbons (Fsp3) is 0.348. The van der Waals surface area contributed by atoms with Crippen LogP contribution in [-0.2, 0) is 11.2 Å². The summed E-state index contributed by atoms with van der Waals surface area (Å²) in [5.74, 6) is 3.25. The molecular weight excluding hydrogens is 356 g/mol. The maximum Gasteiger partial charge on any atom is 0.231 e. The summed E-state index contributed by atoms with van der Waals surface area (Å²) >= 11 is 0. The third-order valence-electron chi connectivity index (χ3n) is 6.03. The Morgan fingerprint density at radius 3 is 2.54 bits per heavy atom. The van der Waals surface area contributed by atoms with Crippen molar-refractivity contribution in [2.75, 3.05) is 21.0 Å². The molecule has 2 aliphatic carbocycles. The maximum atomic E-state index is 12.6. The van der Waals surface area contributed by atoms with Crippen LogP contribution in [0.1, 0.15) is 41.0 Å². The van der Waals surface area contributed by atoms with E-state index in [1.807, 2.05) is 19.1 Å². The van der Waals surface area contributed by atoms with Gasteiger partial charge in [-0.25, -0.2) is 0 Å². The van der Waals surface area contributed by atoms with E-state index < -0.39 is 0 Å². The molecule has 144 valence electrons.